The van der Waals surface area contributed by atoms with E-state index < -0.39 is 17.6 Å². The minimum absolute atomic E-state index is 0.280. The molecule has 0 saturated carbocycles. The highest BCUT2D eigenvalue weighted by atomic mass is 35.5. The summed E-state index contributed by atoms with van der Waals surface area (Å²) in [5.74, 6) is -1.53. The van der Waals surface area contributed by atoms with E-state index in [1.165, 1.54) is 0 Å². The number of fused-ring (bicyclic) bond motifs is 1. The van der Waals surface area contributed by atoms with Crippen molar-refractivity contribution in [3.63, 3.8) is 0 Å². The number of para-hydroxylation sites is 1. The molecular formula is C25H20ClN3O4. The van der Waals surface area contributed by atoms with Gasteiger partial charge in [-0.1, -0.05) is 41.9 Å². The fourth-order valence-electron chi connectivity index (χ4n) is 3.38. The monoisotopic (exact) mass is 461 g/mol. The SMILES string of the molecule is Cc1[nH]c2ccccc2c1C(=O)C(=O)NNC(=O)c1ccc(COc2ccc(Cl)cc2)cc1. The topological polar surface area (TPSA) is 100 Å². The first-order chi connectivity index (χ1) is 15.9. The molecule has 0 spiro atoms. The Labute approximate surface area is 194 Å². The number of halogens is 1. The van der Waals surface area contributed by atoms with Crippen molar-refractivity contribution in [3.8, 4) is 5.75 Å². The van der Waals surface area contributed by atoms with Gasteiger partial charge in [0.15, 0.2) is 0 Å². The van der Waals surface area contributed by atoms with E-state index in [0.717, 1.165) is 11.1 Å². The zero-order valence-electron chi connectivity index (χ0n) is 17.6. The summed E-state index contributed by atoms with van der Waals surface area (Å²) >= 11 is 5.85. The molecule has 0 aliphatic rings. The first kappa shape index (κ1) is 22.1. The molecule has 0 unspecified atom stereocenters. The van der Waals surface area contributed by atoms with E-state index in [1.54, 1.807) is 67.6 Å². The van der Waals surface area contributed by atoms with Crippen LogP contribution in [0.5, 0.6) is 5.75 Å². The van der Waals surface area contributed by atoms with Gasteiger partial charge in [-0.25, -0.2) is 0 Å². The molecule has 3 aromatic carbocycles. The van der Waals surface area contributed by atoms with Gasteiger partial charge in [-0.2, -0.15) is 0 Å². The number of ketones is 1. The standard InChI is InChI=1S/C25H20ClN3O4/c1-15-22(20-4-2-3-5-21(20)27-15)23(30)25(32)29-28-24(31)17-8-6-16(7-9-17)14-33-19-12-10-18(26)11-13-19/h2-13,27H,14H2,1H3,(H,28,31)(H,29,32). The molecule has 8 heteroatoms. The summed E-state index contributed by atoms with van der Waals surface area (Å²) in [4.78, 5) is 40.4. The zero-order valence-corrected chi connectivity index (χ0v) is 18.4. The lowest BCUT2D eigenvalue weighted by molar-refractivity contribution is -0.117. The fourth-order valence-corrected chi connectivity index (χ4v) is 3.50. The molecule has 4 aromatic rings. The predicted molar refractivity (Wildman–Crippen MR) is 125 cm³/mol. The van der Waals surface area contributed by atoms with E-state index >= 15 is 0 Å². The third-order valence-corrected chi connectivity index (χ3v) is 5.30. The van der Waals surface area contributed by atoms with Crippen LogP contribution in [0.2, 0.25) is 5.02 Å². The predicted octanol–water partition coefficient (Wildman–Crippen LogP) is 4.35. The van der Waals surface area contributed by atoms with Crippen molar-refractivity contribution in [2.75, 3.05) is 0 Å². The summed E-state index contributed by atoms with van der Waals surface area (Å²) < 4.78 is 5.67. The summed E-state index contributed by atoms with van der Waals surface area (Å²) in [6, 6.07) is 20.9. The first-order valence-corrected chi connectivity index (χ1v) is 10.5. The number of H-pyrrole nitrogens is 1. The maximum absolute atomic E-state index is 12.6. The maximum Gasteiger partial charge on any atom is 0.310 e. The number of aromatic amines is 1. The molecule has 0 bridgehead atoms. The second-order valence-electron chi connectivity index (χ2n) is 7.35. The van der Waals surface area contributed by atoms with Crippen molar-refractivity contribution in [2.45, 2.75) is 13.5 Å². The maximum atomic E-state index is 12.6. The van der Waals surface area contributed by atoms with Crippen LogP contribution in [0.3, 0.4) is 0 Å². The molecule has 0 aliphatic carbocycles. The van der Waals surface area contributed by atoms with Gasteiger partial charge < -0.3 is 9.72 Å². The number of aryl methyl sites for hydroxylation is 1. The average Bonchev–Trinajstić information content (AvgIpc) is 3.17. The number of benzene rings is 3. The summed E-state index contributed by atoms with van der Waals surface area (Å²) in [5, 5.41) is 1.28. The Bertz CT molecular complexity index is 1330. The Kier molecular flexibility index (Phi) is 6.42. The van der Waals surface area contributed by atoms with E-state index in [-0.39, 0.29) is 5.56 Å². The molecular weight excluding hydrogens is 442 g/mol. The van der Waals surface area contributed by atoms with Crippen molar-refractivity contribution in [1.82, 2.24) is 15.8 Å². The van der Waals surface area contributed by atoms with Gasteiger partial charge in [0, 0.05) is 27.2 Å². The second kappa shape index (κ2) is 9.58. The fraction of sp³-hybridized carbons (Fsp3) is 0.0800. The summed E-state index contributed by atoms with van der Waals surface area (Å²) in [7, 11) is 0. The molecule has 4 rings (SSSR count). The van der Waals surface area contributed by atoms with Crippen LogP contribution >= 0.6 is 11.6 Å². The van der Waals surface area contributed by atoms with Gasteiger partial charge in [0.25, 0.3) is 11.7 Å². The number of Topliss-reactive ketones (excluding diaryl/α,β-unsaturated/α-hetero) is 1. The molecule has 166 valence electrons. The van der Waals surface area contributed by atoms with Gasteiger partial charge >= 0.3 is 5.91 Å². The van der Waals surface area contributed by atoms with Gasteiger partial charge in [-0.05, 0) is 55.0 Å². The van der Waals surface area contributed by atoms with Gasteiger partial charge in [-0.3, -0.25) is 25.2 Å². The largest absolute Gasteiger partial charge is 0.489 e. The lowest BCUT2D eigenvalue weighted by atomic mass is 10.1. The van der Waals surface area contributed by atoms with E-state index in [2.05, 4.69) is 15.8 Å². The molecule has 2 amide bonds. The lowest BCUT2D eigenvalue weighted by Gasteiger charge is -2.09. The molecule has 0 atom stereocenters. The smallest absolute Gasteiger partial charge is 0.310 e. The molecule has 0 fully saturated rings. The number of aromatic nitrogens is 1. The lowest BCUT2D eigenvalue weighted by Crippen LogP contribution is -2.45. The Morgan fingerprint density at radius 3 is 2.33 bits per heavy atom. The first-order valence-electron chi connectivity index (χ1n) is 10.1. The van der Waals surface area contributed by atoms with Gasteiger partial charge in [0.2, 0.25) is 0 Å². The van der Waals surface area contributed by atoms with Crippen molar-refractivity contribution < 1.29 is 19.1 Å². The number of carbonyl (C=O) groups excluding carboxylic acids is 3. The highest BCUT2D eigenvalue weighted by Crippen LogP contribution is 2.22. The molecule has 0 radical (unpaired) electrons. The van der Waals surface area contributed by atoms with Crippen LogP contribution in [0.1, 0.15) is 32.0 Å². The number of rotatable bonds is 6. The second-order valence-corrected chi connectivity index (χ2v) is 7.78. The van der Waals surface area contributed by atoms with Crippen LogP contribution in [-0.4, -0.2) is 22.6 Å². The average molecular weight is 462 g/mol. The minimum Gasteiger partial charge on any atom is -0.489 e. The van der Waals surface area contributed by atoms with Crippen LogP contribution in [0.4, 0.5) is 0 Å². The van der Waals surface area contributed by atoms with Crippen molar-refractivity contribution in [2.24, 2.45) is 0 Å². The van der Waals surface area contributed by atoms with E-state index in [0.29, 0.717) is 34.0 Å². The van der Waals surface area contributed by atoms with E-state index in [9.17, 15) is 14.4 Å². The number of hydrogen-bond donors (Lipinski definition) is 3. The Hall–Kier alpha value is -4.10. The molecule has 33 heavy (non-hydrogen) atoms. The van der Waals surface area contributed by atoms with Crippen molar-refractivity contribution >= 4 is 40.1 Å². The van der Waals surface area contributed by atoms with E-state index in [1.807, 2.05) is 12.1 Å². The third-order valence-electron chi connectivity index (χ3n) is 5.05. The normalized spacial score (nSPS) is 10.6. The zero-order chi connectivity index (χ0) is 23.4. The number of hydrogen-bond acceptors (Lipinski definition) is 4. The number of ether oxygens (including phenoxy) is 1. The molecule has 7 nitrogen and oxygen atoms in total. The van der Waals surface area contributed by atoms with Gasteiger partial charge in [0.1, 0.15) is 12.4 Å². The molecule has 0 aliphatic heterocycles. The van der Waals surface area contributed by atoms with Crippen LogP contribution < -0.4 is 15.6 Å². The molecule has 3 N–H and O–H groups in total. The Morgan fingerprint density at radius 1 is 0.909 bits per heavy atom. The highest BCUT2D eigenvalue weighted by molar-refractivity contribution is 6.45. The summed E-state index contributed by atoms with van der Waals surface area (Å²) in [5.41, 5.74) is 7.27. The minimum atomic E-state index is -0.927. The molecule has 1 heterocycles. The Balaban J connectivity index is 1.33. The summed E-state index contributed by atoms with van der Waals surface area (Å²) in [6.45, 7) is 2.04. The van der Waals surface area contributed by atoms with E-state index in [4.69, 9.17) is 16.3 Å². The number of nitrogens with one attached hydrogen (secondary N) is 3. The number of amides is 2. The molecule has 1 aromatic heterocycles. The molecule has 0 saturated heterocycles. The number of hydrazine groups is 1. The van der Waals surface area contributed by atoms with Crippen LogP contribution in [0.25, 0.3) is 10.9 Å². The van der Waals surface area contributed by atoms with Crippen LogP contribution in [0, 0.1) is 6.92 Å². The Morgan fingerprint density at radius 2 is 1.61 bits per heavy atom. The number of carbonyl (C=O) groups is 3. The van der Waals surface area contributed by atoms with Crippen molar-refractivity contribution in [3.05, 3.63) is 100 Å². The third kappa shape index (κ3) is 5.05. The summed E-state index contributed by atoms with van der Waals surface area (Å²) in [6.07, 6.45) is 0. The highest BCUT2D eigenvalue weighted by Gasteiger charge is 2.23. The van der Waals surface area contributed by atoms with Crippen molar-refractivity contribution in [1.29, 1.82) is 0 Å². The van der Waals surface area contributed by atoms with Gasteiger partial charge in [0.05, 0.1) is 5.56 Å². The quantitative estimate of drug-likeness (QED) is 0.226. The van der Waals surface area contributed by atoms with Crippen LogP contribution in [0.15, 0.2) is 72.8 Å². The van der Waals surface area contributed by atoms with Crippen LogP contribution in [-0.2, 0) is 11.4 Å². The van der Waals surface area contributed by atoms with Gasteiger partial charge in [-0.15, -0.1) is 0 Å².